The van der Waals surface area contributed by atoms with Crippen LogP contribution in [0.1, 0.15) is 5.69 Å². The molecule has 3 nitrogen and oxygen atoms in total. The molecule has 3 heterocycles. The molecule has 0 aliphatic carbocycles. The molecule has 4 heteroatoms. The van der Waals surface area contributed by atoms with Crippen LogP contribution in [-0.4, -0.2) is 31.2 Å². The van der Waals surface area contributed by atoms with Crippen molar-refractivity contribution in [3.05, 3.63) is 11.2 Å². The van der Waals surface area contributed by atoms with Gasteiger partial charge in [0.1, 0.15) is 5.00 Å². The summed E-state index contributed by atoms with van der Waals surface area (Å²) >= 11 is 1.76. The van der Waals surface area contributed by atoms with Crippen molar-refractivity contribution in [1.29, 1.82) is 0 Å². The first kappa shape index (κ1) is 7.76. The zero-order valence-electron chi connectivity index (χ0n) is 7.71. The smallest absolute Gasteiger partial charge is 0.114 e. The highest BCUT2D eigenvalue weighted by Crippen LogP contribution is 2.39. The van der Waals surface area contributed by atoms with Gasteiger partial charge >= 0.3 is 0 Å². The summed E-state index contributed by atoms with van der Waals surface area (Å²) in [6, 6.07) is 0. The first-order chi connectivity index (χ1) is 6.29. The van der Waals surface area contributed by atoms with Crippen LogP contribution in [0.25, 0.3) is 0 Å². The molecule has 1 aromatic heterocycles. The number of aromatic nitrogens is 1. The number of nitrogens with one attached hydrogen (secondary N) is 1. The van der Waals surface area contributed by atoms with Crippen molar-refractivity contribution in [1.82, 2.24) is 10.3 Å². The van der Waals surface area contributed by atoms with Crippen LogP contribution in [0.5, 0.6) is 0 Å². The fraction of sp³-hybridized carbons (Fsp3) is 0.667. The minimum Gasteiger partial charge on any atom is -0.360 e. The molecule has 70 valence electrons. The lowest BCUT2D eigenvalue weighted by atomic mass is 9.74. The molecule has 0 bridgehead atoms. The zero-order chi connectivity index (χ0) is 8.89. The van der Waals surface area contributed by atoms with Crippen LogP contribution in [0.15, 0.2) is 5.51 Å². The van der Waals surface area contributed by atoms with Crippen molar-refractivity contribution in [2.75, 3.05) is 31.1 Å². The van der Waals surface area contributed by atoms with E-state index < -0.39 is 0 Å². The second kappa shape index (κ2) is 2.45. The Bertz CT molecular complexity index is 321. The molecule has 0 aromatic carbocycles. The normalized spacial score (nSPS) is 24.2. The summed E-state index contributed by atoms with van der Waals surface area (Å²) < 4.78 is 0. The number of anilines is 1. The van der Waals surface area contributed by atoms with Gasteiger partial charge < -0.3 is 10.2 Å². The Balaban J connectivity index is 1.73. The molecular weight excluding hydrogens is 182 g/mol. The molecule has 13 heavy (non-hydrogen) atoms. The fourth-order valence-corrected chi connectivity index (χ4v) is 3.02. The minimum atomic E-state index is 0.621. The van der Waals surface area contributed by atoms with E-state index in [1.54, 1.807) is 11.3 Å². The number of aryl methyl sites for hydroxylation is 1. The lowest BCUT2D eigenvalue weighted by Gasteiger charge is -2.56. The van der Waals surface area contributed by atoms with Gasteiger partial charge in [0.25, 0.3) is 0 Å². The summed E-state index contributed by atoms with van der Waals surface area (Å²) in [5, 5.41) is 4.72. The third-order valence-corrected chi connectivity index (χ3v) is 4.05. The van der Waals surface area contributed by atoms with Crippen molar-refractivity contribution in [3.8, 4) is 0 Å². The highest BCUT2D eigenvalue weighted by atomic mass is 32.1. The monoisotopic (exact) mass is 195 g/mol. The summed E-state index contributed by atoms with van der Waals surface area (Å²) in [4.78, 5) is 6.72. The van der Waals surface area contributed by atoms with Crippen LogP contribution in [0.2, 0.25) is 0 Å². The van der Waals surface area contributed by atoms with Crippen LogP contribution in [0.4, 0.5) is 5.00 Å². The van der Waals surface area contributed by atoms with E-state index in [0.717, 1.165) is 0 Å². The maximum Gasteiger partial charge on any atom is 0.114 e. The average molecular weight is 195 g/mol. The second-order valence-corrected chi connectivity index (χ2v) is 5.04. The average Bonchev–Trinajstić information content (AvgIpc) is 2.30. The Morgan fingerprint density at radius 3 is 2.77 bits per heavy atom. The van der Waals surface area contributed by atoms with Gasteiger partial charge in [0.05, 0.1) is 11.2 Å². The number of hydrogen-bond acceptors (Lipinski definition) is 4. The van der Waals surface area contributed by atoms with Gasteiger partial charge in [0.2, 0.25) is 0 Å². The predicted octanol–water partition coefficient (Wildman–Crippen LogP) is 0.861. The molecule has 2 aliphatic heterocycles. The highest BCUT2D eigenvalue weighted by molar-refractivity contribution is 7.14. The largest absolute Gasteiger partial charge is 0.360 e. The van der Waals surface area contributed by atoms with Crippen LogP contribution in [-0.2, 0) is 0 Å². The number of nitrogens with zero attached hydrogens (tertiary/aromatic N) is 2. The van der Waals surface area contributed by atoms with Crippen molar-refractivity contribution < 1.29 is 0 Å². The fourth-order valence-electron chi connectivity index (χ4n) is 2.21. The van der Waals surface area contributed by atoms with Crippen LogP contribution in [0, 0.1) is 12.3 Å². The van der Waals surface area contributed by atoms with E-state index in [1.807, 2.05) is 5.51 Å². The van der Waals surface area contributed by atoms with Crippen LogP contribution in [0.3, 0.4) is 0 Å². The van der Waals surface area contributed by atoms with Gasteiger partial charge in [0, 0.05) is 31.6 Å². The minimum absolute atomic E-state index is 0.621. The quantitative estimate of drug-likeness (QED) is 0.720. The lowest BCUT2D eigenvalue weighted by Crippen LogP contribution is -2.71. The van der Waals surface area contributed by atoms with E-state index in [0.29, 0.717) is 5.41 Å². The second-order valence-electron chi connectivity index (χ2n) is 4.20. The first-order valence-electron chi connectivity index (χ1n) is 4.65. The van der Waals surface area contributed by atoms with Crippen molar-refractivity contribution >= 4 is 16.3 Å². The Kier molecular flexibility index (Phi) is 1.46. The molecule has 1 spiro atoms. The molecule has 1 aromatic rings. The number of rotatable bonds is 1. The van der Waals surface area contributed by atoms with Crippen molar-refractivity contribution in [2.24, 2.45) is 5.41 Å². The summed E-state index contributed by atoms with van der Waals surface area (Å²) in [6.07, 6.45) is 0. The van der Waals surface area contributed by atoms with E-state index in [1.165, 1.54) is 36.9 Å². The van der Waals surface area contributed by atoms with E-state index in [4.69, 9.17) is 0 Å². The Morgan fingerprint density at radius 2 is 2.31 bits per heavy atom. The molecule has 2 aliphatic rings. The Labute approximate surface area is 81.8 Å². The molecule has 0 atom stereocenters. The summed E-state index contributed by atoms with van der Waals surface area (Å²) in [6.45, 7) is 6.96. The number of thiazole rings is 1. The molecular formula is C9H13N3S. The Morgan fingerprint density at radius 1 is 1.54 bits per heavy atom. The highest BCUT2D eigenvalue weighted by Gasteiger charge is 2.48. The van der Waals surface area contributed by atoms with E-state index in [9.17, 15) is 0 Å². The molecule has 0 radical (unpaired) electrons. The van der Waals surface area contributed by atoms with Gasteiger partial charge in [-0.05, 0) is 6.92 Å². The summed E-state index contributed by atoms with van der Waals surface area (Å²) in [5.41, 5.74) is 3.75. The van der Waals surface area contributed by atoms with Crippen LogP contribution >= 0.6 is 11.3 Å². The van der Waals surface area contributed by atoms with Gasteiger partial charge in [-0.2, -0.15) is 0 Å². The molecule has 0 saturated carbocycles. The van der Waals surface area contributed by atoms with E-state index >= 15 is 0 Å². The number of hydrogen-bond donors (Lipinski definition) is 1. The van der Waals surface area contributed by atoms with Gasteiger partial charge in [0.15, 0.2) is 0 Å². The SMILES string of the molecule is Cc1ncsc1N1CC2(CNC2)C1. The Hall–Kier alpha value is -0.610. The molecule has 0 amide bonds. The van der Waals surface area contributed by atoms with E-state index in [2.05, 4.69) is 22.1 Å². The van der Waals surface area contributed by atoms with E-state index in [-0.39, 0.29) is 0 Å². The van der Waals surface area contributed by atoms with Crippen molar-refractivity contribution in [2.45, 2.75) is 6.92 Å². The molecule has 0 unspecified atom stereocenters. The van der Waals surface area contributed by atoms with Crippen molar-refractivity contribution in [3.63, 3.8) is 0 Å². The third kappa shape index (κ3) is 1.02. The van der Waals surface area contributed by atoms with Gasteiger partial charge in [-0.15, -0.1) is 11.3 Å². The molecule has 1 N–H and O–H groups in total. The maximum atomic E-state index is 4.27. The lowest BCUT2D eigenvalue weighted by molar-refractivity contribution is 0.122. The topological polar surface area (TPSA) is 28.2 Å². The van der Waals surface area contributed by atoms with Gasteiger partial charge in [-0.25, -0.2) is 4.98 Å². The zero-order valence-corrected chi connectivity index (χ0v) is 8.52. The van der Waals surface area contributed by atoms with Gasteiger partial charge in [-0.3, -0.25) is 0 Å². The molecule has 3 rings (SSSR count). The standard InChI is InChI=1S/C9H13N3S/c1-7-8(13-6-11-7)12-4-9(5-12)2-10-3-9/h6,10H,2-5H2,1H3. The molecule has 2 fully saturated rings. The maximum absolute atomic E-state index is 4.27. The van der Waals surface area contributed by atoms with Crippen LogP contribution < -0.4 is 10.2 Å². The predicted molar refractivity (Wildman–Crippen MR) is 54.4 cm³/mol. The van der Waals surface area contributed by atoms with Gasteiger partial charge in [-0.1, -0.05) is 0 Å². The summed E-state index contributed by atoms with van der Waals surface area (Å²) in [7, 11) is 0. The first-order valence-corrected chi connectivity index (χ1v) is 5.53. The summed E-state index contributed by atoms with van der Waals surface area (Å²) in [5.74, 6) is 0. The molecule has 2 saturated heterocycles. The third-order valence-electron chi connectivity index (χ3n) is 3.06.